The first kappa shape index (κ1) is 21.2. The molecule has 1 aromatic heterocycles. The zero-order chi connectivity index (χ0) is 20.3. The quantitative estimate of drug-likeness (QED) is 0.535. The minimum absolute atomic E-state index is 0.0249. The van der Waals surface area contributed by atoms with Crippen LogP contribution >= 0.6 is 31.9 Å². The van der Waals surface area contributed by atoms with Gasteiger partial charge in [-0.05, 0) is 28.8 Å². The summed E-state index contributed by atoms with van der Waals surface area (Å²) in [5, 5.41) is 20.6. The highest BCUT2D eigenvalue weighted by atomic mass is 79.9. The Kier molecular flexibility index (Phi) is 7.02. The number of H-pyrrole nitrogens is 1. The number of rotatable bonds is 6. The Morgan fingerprint density at radius 2 is 1.93 bits per heavy atom. The lowest BCUT2D eigenvalue weighted by molar-refractivity contribution is -0.0711. The highest BCUT2D eigenvalue weighted by Gasteiger charge is 2.44. The van der Waals surface area contributed by atoms with Crippen molar-refractivity contribution in [1.29, 1.82) is 0 Å². The van der Waals surface area contributed by atoms with Crippen molar-refractivity contribution in [2.45, 2.75) is 31.1 Å². The SMILES string of the molecule is O=c1[nH]c(=O)n([C@@H]2O[C@H](COCc3ccc(Br)cc3)[C@@H](O)[C@@H]2O)cc1/C=C/Br. The van der Waals surface area contributed by atoms with Gasteiger partial charge in [0, 0.05) is 10.7 Å². The smallest absolute Gasteiger partial charge is 0.330 e. The Labute approximate surface area is 176 Å². The molecule has 0 unspecified atom stereocenters. The van der Waals surface area contributed by atoms with Crippen LogP contribution in [0.4, 0.5) is 0 Å². The summed E-state index contributed by atoms with van der Waals surface area (Å²) in [7, 11) is 0. The second kappa shape index (κ2) is 9.29. The molecule has 4 atom stereocenters. The van der Waals surface area contributed by atoms with Gasteiger partial charge in [0.1, 0.15) is 18.3 Å². The maximum Gasteiger partial charge on any atom is 0.330 e. The highest BCUT2D eigenvalue weighted by Crippen LogP contribution is 2.28. The molecule has 0 spiro atoms. The van der Waals surface area contributed by atoms with Gasteiger partial charge in [-0.3, -0.25) is 14.3 Å². The molecule has 1 aliphatic rings. The number of nitrogens with zero attached hydrogens (tertiary/aromatic N) is 1. The van der Waals surface area contributed by atoms with Crippen LogP contribution in [0.3, 0.4) is 0 Å². The van der Waals surface area contributed by atoms with Gasteiger partial charge in [0.2, 0.25) is 0 Å². The molecule has 1 saturated heterocycles. The summed E-state index contributed by atoms with van der Waals surface area (Å²) >= 11 is 6.43. The van der Waals surface area contributed by atoms with Crippen molar-refractivity contribution in [2.75, 3.05) is 6.61 Å². The second-order valence-corrected chi connectivity index (χ2v) is 7.68. The molecule has 1 aromatic carbocycles. The Morgan fingerprint density at radius 1 is 1.21 bits per heavy atom. The first-order valence-corrected chi connectivity index (χ1v) is 10.1. The zero-order valence-corrected chi connectivity index (χ0v) is 17.7. The van der Waals surface area contributed by atoms with Gasteiger partial charge in [-0.2, -0.15) is 0 Å². The van der Waals surface area contributed by atoms with E-state index in [1.54, 1.807) is 0 Å². The van der Waals surface area contributed by atoms with Crippen LogP contribution in [-0.4, -0.2) is 44.7 Å². The lowest BCUT2D eigenvalue weighted by Crippen LogP contribution is -2.38. The number of benzene rings is 1. The van der Waals surface area contributed by atoms with Gasteiger partial charge in [-0.15, -0.1) is 0 Å². The van der Waals surface area contributed by atoms with E-state index in [1.165, 1.54) is 17.3 Å². The van der Waals surface area contributed by atoms with E-state index in [0.717, 1.165) is 14.6 Å². The van der Waals surface area contributed by atoms with Crippen molar-refractivity contribution in [2.24, 2.45) is 0 Å². The normalized spacial score (nSPS) is 24.9. The van der Waals surface area contributed by atoms with Gasteiger partial charge < -0.3 is 19.7 Å². The van der Waals surface area contributed by atoms with E-state index in [0.29, 0.717) is 6.61 Å². The molecule has 28 heavy (non-hydrogen) atoms. The van der Waals surface area contributed by atoms with E-state index in [2.05, 4.69) is 36.8 Å². The lowest BCUT2D eigenvalue weighted by Gasteiger charge is -2.17. The van der Waals surface area contributed by atoms with Gasteiger partial charge in [-0.1, -0.05) is 44.0 Å². The minimum Gasteiger partial charge on any atom is -0.387 e. The number of hydrogen-bond donors (Lipinski definition) is 3. The average Bonchev–Trinajstić information content (AvgIpc) is 2.94. The number of nitrogens with one attached hydrogen (secondary N) is 1. The van der Waals surface area contributed by atoms with Gasteiger partial charge >= 0.3 is 5.69 Å². The van der Waals surface area contributed by atoms with E-state index >= 15 is 0 Å². The van der Waals surface area contributed by atoms with Crippen molar-refractivity contribution in [1.82, 2.24) is 9.55 Å². The second-order valence-electron chi connectivity index (χ2n) is 6.23. The molecular weight excluding hydrogens is 500 g/mol. The molecule has 2 heterocycles. The van der Waals surface area contributed by atoms with Crippen LogP contribution in [0.25, 0.3) is 6.08 Å². The van der Waals surface area contributed by atoms with Crippen molar-refractivity contribution in [3.63, 3.8) is 0 Å². The van der Waals surface area contributed by atoms with Gasteiger partial charge in [0.25, 0.3) is 5.56 Å². The van der Waals surface area contributed by atoms with E-state index < -0.39 is 35.8 Å². The summed E-state index contributed by atoms with van der Waals surface area (Å²) in [6.07, 6.45) is -1.86. The summed E-state index contributed by atoms with van der Waals surface area (Å²) in [5.74, 6) is 0. The van der Waals surface area contributed by atoms with Crippen LogP contribution in [0.2, 0.25) is 0 Å². The molecule has 0 bridgehead atoms. The van der Waals surface area contributed by atoms with Gasteiger partial charge in [0.05, 0.1) is 18.8 Å². The van der Waals surface area contributed by atoms with Crippen LogP contribution in [0, 0.1) is 0 Å². The standard InChI is InChI=1S/C18H18Br2N2O6/c19-6-5-11-7-22(18(26)21-16(11)25)17-15(24)14(23)13(28-17)9-27-8-10-1-3-12(20)4-2-10/h1-7,13-15,17,23-24H,8-9H2,(H,21,25,26)/b6-5+/t13-,14-,15+,17-/m1/s1. The molecule has 3 N–H and O–H groups in total. The molecule has 1 aliphatic heterocycles. The van der Waals surface area contributed by atoms with Gasteiger partial charge in [-0.25, -0.2) is 4.79 Å². The lowest BCUT2D eigenvalue weighted by atomic mass is 10.1. The van der Waals surface area contributed by atoms with Crippen LogP contribution in [0.15, 0.2) is 49.5 Å². The van der Waals surface area contributed by atoms with Gasteiger partial charge in [0.15, 0.2) is 6.23 Å². The number of aromatic nitrogens is 2. The fourth-order valence-electron chi connectivity index (χ4n) is 2.85. The highest BCUT2D eigenvalue weighted by molar-refractivity contribution is 9.11. The monoisotopic (exact) mass is 516 g/mol. The van der Waals surface area contributed by atoms with Crippen LogP contribution in [0.1, 0.15) is 17.4 Å². The minimum atomic E-state index is -1.36. The fourth-order valence-corrected chi connectivity index (χ4v) is 3.40. The summed E-state index contributed by atoms with van der Waals surface area (Å²) in [4.78, 5) is 27.5. The molecule has 8 nitrogen and oxygen atoms in total. The fraction of sp³-hybridized carbons (Fsp3) is 0.333. The molecular formula is C18H18Br2N2O6. The predicted molar refractivity (Wildman–Crippen MR) is 109 cm³/mol. The third kappa shape index (κ3) is 4.70. The summed E-state index contributed by atoms with van der Waals surface area (Å²) in [5.41, 5.74) is -0.184. The number of halogens is 2. The molecule has 0 radical (unpaired) electrons. The Bertz CT molecular complexity index is 956. The van der Waals surface area contributed by atoms with Crippen LogP contribution in [0.5, 0.6) is 0 Å². The number of aliphatic hydroxyl groups is 2. The Balaban J connectivity index is 1.70. The summed E-state index contributed by atoms with van der Waals surface area (Å²) in [6, 6.07) is 7.57. The molecule has 10 heteroatoms. The molecule has 0 amide bonds. The third-order valence-corrected chi connectivity index (χ3v) is 5.11. The molecule has 3 rings (SSSR count). The molecule has 0 aliphatic carbocycles. The van der Waals surface area contributed by atoms with Crippen LogP contribution < -0.4 is 11.2 Å². The average molecular weight is 518 g/mol. The molecule has 0 saturated carbocycles. The van der Waals surface area contributed by atoms with E-state index in [4.69, 9.17) is 9.47 Å². The number of aliphatic hydroxyl groups excluding tert-OH is 2. The Hall–Kier alpha value is -1.56. The molecule has 1 fully saturated rings. The first-order chi connectivity index (χ1) is 13.4. The van der Waals surface area contributed by atoms with Crippen molar-refractivity contribution in [3.8, 4) is 0 Å². The molecule has 150 valence electrons. The number of aromatic amines is 1. The maximum absolute atomic E-state index is 12.1. The Morgan fingerprint density at radius 3 is 2.61 bits per heavy atom. The number of hydrogen-bond acceptors (Lipinski definition) is 6. The van der Waals surface area contributed by atoms with E-state index in [9.17, 15) is 19.8 Å². The largest absolute Gasteiger partial charge is 0.387 e. The number of ether oxygens (including phenoxy) is 2. The zero-order valence-electron chi connectivity index (χ0n) is 14.5. The summed E-state index contributed by atoms with van der Waals surface area (Å²) < 4.78 is 13.2. The predicted octanol–water partition coefficient (Wildman–Crippen LogP) is 1.50. The summed E-state index contributed by atoms with van der Waals surface area (Å²) in [6.45, 7) is 0.330. The van der Waals surface area contributed by atoms with Crippen molar-refractivity contribution in [3.05, 3.63) is 71.9 Å². The van der Waals surface area contributed by atoms with E-state index in [1.807, 2.05) is 24.3 Å². The maximum atomic E-state index is 12.1. The molecule has 2 aromatic rings. The van der Waals surface area contributed by atoms with Crippen molar-refractivity contribution >= 4 is 37.9 Å². The van der Waals surface area contributed by atoms with E-state index in [-0.39, 0.29) is 12.2 Å². The topological polar surface area (TPSA) is 114 Å². The third-order valence-electron chi connectivity index (χ3n) is 4.31. The first-order valence-electron chi connectivity index (χ1n) is 8.36. The van der Waals surface area contributed by atoms with Crippen LogP contribution in [-0.2, 0) is 16.1 Å². The van der Waals surface area contributed by atoms with Crippen molar-refractivity contribution < 1.29 is 19.7 Å².